The fourth-order valence-corrected chi connectivity index (χ4v) is 3.74. The first-order chi connectivity index (χ1) is 12.5. The quantitative estimate of drug-likeness (QED) is 0.369. The molecule has 6 heteroatoms. The summed E-state index contributed by atoms with van der Waals surface area (Å²) in [6.07, 6.45) is 1.18. The van der Waals surface area contributed by atoms with Crippen LogP contribution in [0.4, 0.5) is 0 Å². The highest BCUT2D eigenvalue weighted by atomic mass is 127. The number of guanidine groups is 1. The van der Waals surface area contributed by atoms with Gasteiger partial charge >= 0.3 is 0 Å². The number of rotatable bonds is 6. The molecule has 1 aliphatic heterocycles. The number of aliphatic imine (C=N–C) groups is 1. The summed E-state index contributed by atoms with van der Waals surface area (Å²) in [5, 5.41) is 7.05. The molecule has 0 bridgehead atoms. The predicted molar refractivity (Wildman–Crippen MR) is 123 cm³/mol. The number of halogens is 1. The summed E-state index contributed by atoms with van der Waals surface area (Å²) in [5.74, 6) is 1.54. The maximum atomic E-state index is 5.48. The monoisotopic (exact) mass is 486 g/mol. The maximum absolute atomic E-state index is 5.48. The molecule has 3 rings (SSSR count). The van der Waals surface area contributed by atoms with Crippen LogP contribution in [-0.2, 0) is 4.74 Å². The molecule has 1 heterocycles. The smallest absolute Gasteiger partial charge is 0.191 e. The Morgan fingerprint density at radius 3 is 2.63 bits per heavy atom. The molecular weight excluding hydrogens is 451 g/mol. The van der Waals surface area contributed by atoms with Gasteiger partial charge in [-0.15, -0.1) is 24.0 Å². The second-order valence-corrected chi connectivity index (χ2v) is 8.06. The summed E-state index contributed by atoms with van der Waals surface area (Å²) in [5.41, 5.74) is 2.90. The molecule has 27 heavy (non-hydrogen) atoms. The standard InChI is InChI=1S/C21H34N4O.HI/c1-5-22-20(23-15-21(3,4)25-10-12-26-13-11-25)24-19-14-18(19)17-9-7-6-8-16(17)2;/h6-9,18-19H,5,10-15H2,1-4H3,(H2,22,23,24);1H. The van der Waals surface area contributed by atoms with Gasteiger partial charge in [0, 0.05) is 37.1 Å². The van der Waals surface area contributed by atoms with E-state index in [2.05, 4.69) is 67.5 Å². The average molecular weight is 486 g/mol. The Hall–Kier alpha value is -0.860. The Bertz CT molecular complexity index is 628. The van der Waals surface area contributed by atoms with Crippen LogP contribution in [-0.4, -0.2) is 61.8 Å². The predicted octanol–water partition coefficient (Wildman–Crippen LogP) is 3.13. The topological polar surface area (TPSA) is 48.9 Å². The normalized spacial score (nSPS) is 23.5. The molecule has 0 spiro atoms. The van der Waals surface area contributed by atoms with Crippen LogP contribution in [0.2, 0.25) is 0 Å². The number of hydrogen-bond acceptors (Lipinski definition) is 3. The highest BCUT2D eigenvalue weighted by Gasteiger charge is 2.39. The van der Waals surface area contributed by atoms with E-state index >= 15 is 0 Å². The van der Waals surface area contributed by atoms with E-state index in [1.165, 1.54) is 17.5 Å². The molecule has 152 valence electrons. The highest BCUT2D eigenvalue weighted by Crippen LogP contribution is 2.42. The Labute approximate surface area is 181 Å². The first kappa shape index (κ1) is 22.4. The molecule has 1 aliphatic carbocycles. The van der Waals surface area contributed by atoms with Gasteiger partial charge in [-0.2, -0.15) is 0 Å². The van der Waals surface area contributed by atoms with Crippen molar-refractivity contribution in [2.24, 2.45) is 4.99 Å². The van der Waals surface area contributed by atoms with E-state index in [0.29, 0.717) is 12.0 Å². The zero-order valence-electron chi connectivity index (χ0n) is 17.1. The Balaban J connectivity index is 0.00000261. The van der Waals surface area contributed by atoms with Crippen molar-refractivity contribution in [1.29, 1.82) is 0 Å². The van der Waals surface area contributed by atoms with Gasteiger partial charge in [0.2, 0.25) is 0 Å². The fourth-order valence-electron chi connectivity index (χ4n) is 3.74. The van der Waals surface area contributed by atoms with Gasteiger partial charge < -0.3 is 15.4 Å². The summed E-state index contributed by atoms with van der Waals surface area (Å²) in [6, 6.07) is 9.20. The molecule has 1 saturated carbocycles. The third kappa shape index (κ3) is 6.06. The summed E-state index contributed by atoms with van der Waals surface area (Å²) in [7, 11) is 0. The lowest BCUT2D eigenvalue weighted by atomic mass is 10.0. The van der Waals surface area contributed by atoms with Gasteiger partial charge in [0.1, 0.15) is 0 Å². The molecule has 2 atom stereocenters. The lowest BCUT2D eigenvalue weighted by molar-refractivity contribution is -0.00683. The van der Waals surface area contributed by atoms with Gasteiger partial charge in [-0.25, -0.2) is 0 Å². The minimum absolute atomic E-state index is 0. The van der Waals surface area contributed by atoms with Crippen molar-refractivity contribution < 1.29 is 4.74 Å². The maximum Gasteiger partial charge on any atom is 0.191 e. The first-order valence-corrected chi connectivity index (χ1v) is 9.94. The van der Waals surface area contributed by atoms with Gasteiger partial charge in [0.25, 0.3) is 0 Å². The van der Waals surface area contributed by atoms with Gasteiger partial charge in [-0.05, 0) is 45.2 Å². The van der Waals surface area contributed by atoms with E-state index in [0.717, 1.165) is 45.4 Å². The van der Waals surface area contributed by atoms with Crippen LogP contribution in [0, 0.1) is 6.92 Å². The van der Waals surface area contributed by atoms with Crippen molar-refractivity contribution in [2.75, 3.05) is 39.4 Å². The second kappa shape index (κ2) is 10.1. The molecular formula is C21H35IN4O. The summed E-state index contributed by atoms with van der Waals surface area (Å²) in [6.45, 7) is 14.2. The van der Waals surface area contributed by atoms with E-state index in [9.17, 15) is 0 Å². The van der Waals surface area contributed by atoms with Crippen LogP contribution in [0.5, 0.6) is 0 Å². The molecule has 1 aromatic carbocycles. The zero-order valence-corrected chi connectivity index (χ0v) is 19.5. The van der Waals surface area contributed by atoms with E-state index in [1.54, 1.807) is 0 Å². The average Bonchev–Trinajstić information content (AvgIpc) is 3.40. The second-order valence-electron chi connectivity index (χ2n) is 8.06. The highest BCUT2D eigenvalue weighted by molar-refractivity contribution is 14.0. The zero-order chi connectivity index (χ0) is 18.6. The number of nitrogens with one attached hydrogen (secondary N) is 2. The van der Waals surface area contributed by atoms with Crippen LogP contribution in [0.1, 0.15) is 44.2 Å². The number of hydrogen-bond donors (Lipinski definition) is 2. The number of aryl methyl sites for hydroxylation is 1. The van der Waals surface area contributed by atoms with Gasteiger partial charge in [-0.3, -0.25) is 9.89 Å². The minimum atomic E-state index is 0. The van der Waals surface area contributed by atoms with Crippen LogP contribution in [0.15, 0.2) is 29.3 Å². The fraction of sp³-hybridized carbons (Fsp3) is 0.667. The summed E-state index contributed by atoms with van der Waals surface area (Å²) >= 11 is 0. The van der Waals surface area contributed by atoms with Crippen LogP contribution < -0.4 is 10.6 Å². The van der Waals surface area contributed by atoms with E-state index in [4.69, 9.17) is 9.73 Å². The molecule has 5 nitrogen and oxygen atoms in total. The molecule has 2 fully saturated rings. The van der Waals surface area contributed by atoms with E-state index in [-0.39, 0.29) is 29.5 Å². The molecule has 0 amide bonds. The summed E-state index contributed by atoms with van der Waals surface area (Å²) in [4.78, 5) is 7.39. The molecule has 1 aromatic rings. The Kier molecular flexibility index (Phi) is 8.37. The molecule has 2 unspecified atom stereocenters. The lowest BCUT2D eigenvalue weighted by Crippen LogP contribution is -2.52. The van der Waals surface area contributed by atoms with Crippen molar-refractivity contribution in [3.8, 4) is 0 Å². The minimum Gasteiger partial charge on any atom is -0.379 e. The van der Waals surface area contributed by atoms with Crippen molar-refractivity contribution in [1.82, 2.24) is 15.5 Å². The Morgan fingerprint density at radius 2 is 1.96 bits per heavy atom. The van der Waals surface area contributed by atoms with Gasteiger partial charge in [0.15, 0.2) is 5.96 Å². The number of ether oxygens (including phenoxy) is 1. The van der Waals surface area contributed by atoms with Crippen molar-refractivity contribution in [3.63, 3.8) is 0 Å². The van der Waals surface area contributed by atoms with Crippen molar-refractivity contribution in [3.05, 3.63) is 35.4 Å². The first-order valence-electron chi connectivity index (χ1n) is 9.94. The largest absolute Gasteiger partial charge is 0.379 e. The number of nitrogens with zero attached hydrogens (tertiary/aromatic N) is 2. The Morgan fingerprint density at radius 1 is 1.26 bits per heavy atom. The van der Waals surface area contributed by atoms with Crippen LogP contribution >= 0.6 is 24.0 Å². The van der Waals surface area contributed by atoms with Crippen molar-refractivity contribution in [2.45, 2.75) is 51.6 Å². The van der Waals surface area contributed by atoms with E-state index in [1.807, 2.05) is 0 Å². The van der Waals surface area contributed by atoms with E-state index < -0.39 is 0 Å². The SMILES string of the molecule is CCNC(=NCC(C)(C)N1CCOCC1)NC1CC1c1ccccc1C.I. The molecule has 2 N–H and O–H groups in total. The third-order valence-electron chi connectivity index (χ3n) is 5.54. The number of benzene rings is 1. The summed E-state index contributed by atoms with van der Waals surface area (Å²) < 4.78 is 5.48. The molecule has 0 radical (unpaired) electrons. The molecule has 2 aliphatic rings. The lowest BCUT2D eigenvalue weighted by Gasteiger charge is -2.39. The van der Waals surface area contributed by atoms with Crippen molar-refractivity contribution >= 4 is 29.9 Å². The van der Waals surface area contributed by atoms with Crippen LogP contribution in [0.25, 0.3) is 0 Å². The van der Waals surface area contributed by atoms with Gasteiger partial charge in [0.05, 0.1) is 19.8 Å². The molecule has 1 saturated heterocycles. The van der Waals surface area contributed by atoms with Gasteiger partial charge in [-0.1, -0.05) is 24.3 Å². The number of morpholine rings is 1. The third-order valence-corrected chi connectivity index (χ3v) is 5.54. The molecule has 0 aromatic heterocycles. The van der Waals surface area contributed by atoms with Crippen LogP contribution in [0.3, 0.4) is 0 Å².